The molecule has 0 bridgehead atoms. The topological polar surface area (TPSA) is 20.3 Å². The first kappa shape index (κ1) is 12.2. The Morgan fingerprint density at radius 1 is 1.21 bits per heavy atom. The van der Waals surface area contributed by atoms with Gasteiger partial charge in [-0.2, -0.15) is 0 Å². The van der Waals surface area contributed by atoms with Gasteiger partial charge in [0.2, 0.25) is 5.91 Å². The monoisotopic (exact) mass is 253 g/mol. The van der Waals surface area contributed by atoms with Gasteiger partial charge in [-0.25, -0.2) is 0 Å². The number of likely N-dealkylation sites (tertiary alicyclic amines) is 1. The van der Waals surface area contributed by atoms with Gasteiger partial charge in [0, 0.05) is 19.5 Å². The van der Waals surface area contributed by atoms with E-state index >= 15 is 0 Å². The zero-order valence-corrected chi connectivity index (χ0v) is 11.3. The maximum Gasteiger partial charge on any atom is 0.219 e. The van der Waals surface area contributed by atoms with Crippen LogP contribution in [0.3, 0.4) is 0 Å². The number of carbonyl (C=O) groups is 1. The van der Waals surface area contributed by atoms with Crippen LogP contribution in [-0.4, -0.2) is 23.4 Å². The molecule has 1 amide bonds. The van der Waals surface area contributed by atoms with Crippen molar-refractivity contribution in [3.8, 4) is 0 Å². The third-order valence-corrected chi connectivity index (χ3v) is 4.07. The molecule has 1 heterocycles. The predicted octanol–water partition coefficient (Wildman–Crippen LogP) is 3.39. The van der Waals surface area contributed by atoms with Gasteiger partial charge in [-0.15, -0.1) is 0 Å². The molecule has 0 N–H and O–H groups in total. The molecular weight excluding hydrogens is 234 g/mol. The third kappa shape index (κ3) is 2.48. The highest BCUT2D eigenvalue weighted by molar-refractivity contribution is 5.83. The zero-order chi connectivity index (χ0) is 13.2. The van der Waals surface area contributed by atoms with Gasteiger partial charge >= 0.3 is 0 Å². The van der Waals surface area contributed by atoms with E-state index in [1.54, 1.807) is 6.92 Å². The molecule has 1 aliphatic heterocycles. The Morgan fingerprint density at radius 2 is 2.00 bits per heavy atom. The third-order valence-electron chi connectivity index (χ3n) is 4.07. The molecule has 1 aliphatic rings. The second-order valence-corrected chi connectivity index (χ2v) is 5.39. The largest absolute Gasteiger partial charge is 0.340 e. The van der Waals surface area contributed by atoms with Crippen LogP contribution in [0.15, 0.2) is 42.5 Å². The lowest BCUT2D eigenvalue weighted by atomic mass is 10.0. The summed E-state index contributed by atoms with van der Waals surface area (Å²) in [7, 11) is 0. The second-order valence-electron chi connectivity index (χ2n) is 5.39. The number of nitrogens with zero attached hydrogens (tertiary/aromatic N) is 1. The van der Waals surface area contributed by atoms with Crippen LogP contribution in [0.1, 0.15) is 25.3 Å². The summed E-state index contributed by atoms with van der Waals surface area (Å²) in [6.07, 6.45) is 3.24. The van der Waals surface area contributed by atoms with Crippen molar-refractivity contribution in [1.29, 1.82) is 0 Å². The molecule has 0 aliphatic carbocycles. The lowest BCUT2D eigenvalue weighted by molar-refractivity contribution is -0.129. The molecule has 2 heteroatoms. The van der Waals surface area contributed by atoms with E-state index < -0.39 is 0 Å². The number of carbonyl (C=O) groups excluding carboxylic acids is 1. The quantitative estimate of drug-likeness (QED) is 0.803. The maximum atomic E-state index is 11.6. The Hall–Kier alpha value is -1.83. The summed E-state index contributed by atoms with van der Waals surface area (Å²) in [5.74, 6) is 0.211. The highest BCUT2D eigenvalue weighted by Crippen LogP contribution is 2.23. The van der Waals surface area contributed by atoms with Gasteiger partial charge in [-0.05, 0) is 35.6 Å². The van der Waals surface area contributed by atoms with E-state index in [4.69, 9.17) is 0 Å². The number of rotatable bonds is 2. The molecule has 0 aromatic heterocycles. The van der Waals surface area contributed by atoms with E-state index in [1.165, 1.54) is 16.3 Å². The van der Waals surface area contributed by atoms with Gasteiger partial charge in [0.1, 0.15) is 0 Å². The molecule has 0 radical (unpaired) electrons. The van der Waals surface area contributed by atoms with E-state index in [0.29, 0.717) is 6.04 Å². The predicted molar refractivity (Wildman–Crippen MR) is 78.1 cm³/mol. The SMILES string of the molecule is CC(=O)N1CCCC1Cc1ccc2ccccc2c1. The lowest BCUT2D eigenvalue weighted by Crippen LogP contribution is -2.34. The van der Waals surface area contributed by atoms with Crippen molar-refractivity contribution in [2.24, 2.45) is 0 Å². The van der Waals surface area contributed by atoms with Crippen LogP contribution in [0.2, 0.25) is 0 Å². The number of hydrogen-bond acceptors (Lipinski definition) is 1. The summed E-state index contributed by atoms with van der Waals surface area (Å²) in [5.41, 5.74) is 1.33. The number of hydrogen-bond donors (Lipinski definition) is 0. The summed E-state index contributed by atoms with van der Waals surface area (Å²) in [5, 5.41) is 2.56. The van der Waals surface area contributed by atoms with Crippen molar-refractivity contribution < 1.29 is 4.79 Å². The van der Waals surface area contributed by atoms with Crippen LogP contribution in [0.4, 0.5) is 0 Å². The number of amides is 1. The first-order valence-corrected chi connectivity index (χ1v) is 6.99. The van der Waals surface area contributed by atoms with Gasteiger partial charge in [0.05, 0.1) is 0 Å². The smallest absolute Gasteiger partial charge is 0.219 e. The van der Waals surface area contributed by atoms with E-state index in [2.05, 4.69) is 42.5 Å². The fourth-order valence-corrected chi connectivity index (χ4v) is 3.10. The van der Waals surface area contributed by atoms with Crippen molar-refractivity contribution in [1.82, 2.24) is 4.90 Å². The Balaban J connectivity index is 1.83. The van der Waals surface area contributed by atoms with Crippen molar-refractivity contribution in [3.63, 3.8) is 0 Å². The summed E-state index contributed by atoms with van der Waals surface area (Å²) in [4.78, 5) is 13.6. The Bertz CT molecular complexity index is 605. The average Bonchev–Trinajstić information content (AvgIpc) is 2.87. The van der Waals surface area contributed by atoms with Crippen LogP contribution in [-0.2, 0) is 11.2 Å². The van der Waals surface area contributed by atoms with Gasteiger partial charge < -0.3 is 4.90 Å². The fourth-order valence-electron chi connectivity index (χ4n) is 3.10. The minimum atomic E-state index is 0.211. The molecule has 2 nitrogen and oxygen atoms in total. The van der Waals surface area contributed by atoms with Crippen LogP contribution in [0, 0.1) is 0 Å². The molecule has 1 atom stereocenters. The van der Waals surface area contributed by atoms with Crippen molar-refractivity contribution in [2.45, 2.75) is 32.2 Å². The van der Waals surface area contributed by atoms with Gasteiger partial charge in [-0.3, -0.25) is 4.79 Å². The summed E-state index contributed by atoms with van der Waals surface area (Å²) in [6.45, 7) is 2.60. The first-order valence-electron chi connectivity index (χ1n) is 6.99. The van der Waals surface area contributed by atoms with Crippen LogP contribution >= 0.6 is 0 Å². The molecule has 0 spiro atoms. The molecule has 2 aromatic rings. The molecule has 1 fully saturated rings. The Labute approximate surface area is 114 Å². The highest BCUT2D eigenvalue weighted by atomic mass is 16.2. The van der Waals surface area contributed by atoms with Crippen molar-refractivity contribution in [3.05, 3.63) is 48.0 Å². The molecule has 1 unspecified atom stereocenters. The maximum absolute atomic E-state index is 11.6. The summed E-state index contributed by atoms with van der Waals surface area (Å²) in [6, 6.07) is 15.4. The molecular formula is C17H19NO. The van der Waals surface area contributed by atoms with Gasteiger partial charge in [0.15, 0.2) is 0 Å². The fraction of sp³-hybridized carbons (Fsp3) is 0.353. The zero-order valence-electron chi connectivity index (χ0n) is 11.3. The summed E-state index contributed by atoms with van der Waals surface area (Å²) < 4.78 is 0. The number of fused-ring (bicyclic) bond motifs is 1. The highest BCUT2D eigenvalue weighted by Gasteiger charge is 2.26. The molecule has 2 aromatic carbocycles. The van der Waals surface area contributed by atoms with Gasteiger partial charge in [-0.1, -0.05) is 42.5 Å². The molecule has 98 valence electrons. The van der Waals surface area contributed by atoms with E-state index in [9.17, 15) is 4.79 Å². The molecule has 1 saturated heterocycles. The molecule has 3 rings (SSSR count). The summed E-state index contributed by atoms with van der Waals surface area (Å²) >= 11 is 0. The van der Waals surface area contributed by atoms with E-state index in [-0.39, 0.29) is 5.91 Å². The first-order chi connectivity index (χ1) is 9.24. The van der Waals surface area contributed by atoms with Crippen LogP contribution in [0.5, 0.6) is 0 Å². The minimum absolute atomic E-state index is 0.211. The normalized spacial score (nSPS) is 19.0. The van der Waals surface area contributed by atoms with Gasteiger partial charge in [0.25, 0.3) is 0 Å². The second kappa shape index (κ2) is 5.04. The van der Waals surface area contributed by atoms with E-state index in [0.717, 1.165) is 25.8 Å². The van der Waals surface area contributed by atoms with Crippen molar-refractivity contribution in [2.75, 3.05) is 6.54 Å². The molecule has 0 saturated carbocycles. The standard InChI is InChI=1S/C17H19NO/c1-13(19)18-10-4-7-17(18)12-14-8-9-15-5-2-3-6-16(15)11-14/h2-3,5-6,8-9,11,17H,4,7,10,12H2,1H3. The van der Waals surface area contributed by atoms with Crippen molar-refractivity contribution >= 4 is 16.7 Å². The van der Waals surface area contributed by atoms with E-state index in [1.807, 2.05) is 4.90 Å². The Morgan fingerprint density at radius 3 is 2.79 bits per heavy atom. The minimum Gasteiger partial charge on any atom is -0.340 e. The lowest BCUT2D eigenvalue weighted by Gasteiger charge is -2.23. The average molecular weight is 253 g/mol. The van der Waals surface area contributed by atoms with Crippen LogP contribution in [0.25, 0.3) is 10.8 Å². The Kier molecular flexibility index (Phi) is 3.24. The number of benzene rings is 2. The van der Waals surface area contributed by atoms with Crippen LogP contribution < -0.4 is 0 Å². The molecule has 19 heavy (non-hydrogen) atoms.